The lowest BCUT2D eigenvalue weighted by Gasteiger charge is -2.00. The van der Waals surface area contributed by atoms with Gasteiger partial charge in [-0.1, -0.05) is 0 Å². The van der Waals surface area contributed by atoms with Crippen LogP contribution in [0, 0.1) is 34.4 Å². The van der Waals surface area contributed by atoms with Gasteiger partial charge in [-0.25, -0.2) is 0 Å². The first kappa shape index (κ1) is 17.3. The van der Waals surface area contributed by atoms with E-state index < -0.39 is 4.92 Å². The van der Waals surface area contributed by atoms with E-state index in [1.807, 2.05) is 6.07 Å². The van der Waals surface area contributed by atoms with E-state index in [0.29, 0.717) is 16.1 Å². The lowest BCUT2D eigenvalue weighted by molar-refractivity contribution is -0.613. The number of rotatable bonds is 1. The lowest BCUT2D eigenvalue weighted by atomic mass is 10.3. The second-order valence-corrected chi connectivity index (χ2v) is 5.82. The molecule has 2 heterocycles. The zero-order valence-electron chi connectivity index (χ0n) is 11.1. The lowest BCUT2D eigenvalue weighted by Crippen LogP contribution is -2.29. The normalized spacial score (nSPS) is 9.71. The molecule has 0 unspecified atom stereocenters. The number of aryl methyl sites for hydroxylation is 2. The van der Waals surface area contributed by atoms with E-state index in [1.54, 1.807) is 13.0 Å². The fraction of sp³-hybridized carbons (Fsp3) is 0.167. The minimum Gasteiger partial charge on any atom is -0.618 e. The summed E-state index contributed by atoms with van der Waals surface area (Å²) < 4.78 is 2.39. The Morgan fingerprint density at radius 2 is 1.62 bits per heavy atom. The first-order valence-corrected chi connectivity index (χ1v) is 7.20. The summed E-state index contributed by atoms with van der Waals surface area (Å²) in [6, 6.07) is 4.82. The molecule has 112 valence electrons. The average Bonchev–Trinajstić information content (AvgIpc) is 2.39. The summed E-state index contributed by atoms with van der Waals surface area (Å²) in [5.74, 6) is 0. The Morgan fingerprint density at radius 3 is 2.10 bits per heavy atom. The van der Waals surface area contributed by atoms with Crippen LogP contribution in [0.25, 0.3) is 0 Å². The summed E-state index contributed by atoms with van der Waals surface area (Å²) in [5, 5.41) is 32.0. The van der Waals surface area contributed by atoms with Crippen molar-refractivity contribution in [1.82, 2.24) is 0 Å². The molecule has 0 N–H and O–H groups in total. The Kier molecular flexibility index (Phi) is 6.03. The van der Waals surface area contributed by atoms with Crippen LogP contribution in [0.5, 0.6) is 0 Å². The molecule has 0 aliphatic rings. The number of pyridine rings is 2. The monoisotopic (exact) mass is 419 g/mol. The quantitative estimate of drug-likeness (QED) is 0.306. The zero-order chi connectivity index (χ0) is 16.2. The molecule has 0 bridgehead atoms. The largest absolute Gasteiger partial charge is 0.618 e. The molecule has 2 aromatic rings. The number of nitrogens with zero attached hydrogens (tertiary/aromatic N) is 3. The summed E-state index contributed by atoms with van der Waals surface area (Å²) in [5.41, 5.74) is 0.905. The molecule has 0 aliphatic carbocycles. The van der Waals surface area contributed by atoms with E-state index in [4.69, 9.17) is 0 Å². The highest BCUT2D eigenvalue weighted by Gasteiger charge is 2.16. The van der Waals surface area contributed by atoms with Crippen LogP contribution in [-0.2, 0) is 0 Å². The summed E-state index contributed by atoms with van der Waals surface area (Å²) in [6.45, 7) is 3.27. The molecule has 2 rings (SSSR count). The van der Waals surface area contributed by atoms with Crippen molar-refractivity contribution >= 4 is 37.5 Å². The highest BCUT2D eigenvalue weighted by Crippen LogP contribution is 2.22. The minimum atomic E-state index is -0.545. The molecule has 0 amide bonds. The number of nitro groups is 1. The Bertz CT molecular complexity index is 680. The van der Waals surface area contributed by atoms with Crippen LogP contribution >= 0.6 is 31.9 Å². The van der Waals surface area contributed by atoms with Gasteiger partial charge < -0.3 is 10.4 Å². The number of hydrogen-bond donors (Lipinski definition) is 0. The first-order chi connectivity index (χ1) is 9.72. The van der Waals surface area contributed by atoms with E-state index in [-0.39, 0.29) is 10.2 Å². The molecule has 21 heavy (non-hydrogen) atoms. The van der Waals surface area contributed by atoms with E-state index >= 15 is 0 Å². The Morgan fingerprint density at radius 1 is 1.05 bits per heavy atom. The third-order valence-electron chi connectivity index (χ3n) is 2.44. The highest BCUT2D eigenvalue weighted by atomic mass is 79.9. The second-order valence-electron chi connectivity index (χ2n) is 4.05. The van der Waals surface area contributed by atoms with Gasteiger partial charge in [0.15, 0.2) is 22.1 Å². The van der Waals surface area contributed by atoms with E-state index in [1.165, 1.54) is 19.2 Å². The fourth-order valence-corrected chi connectivity index (χ4v) is 2.04. The predicted molar refractivity (Wildman–Crippen MR) is 82.3 cm³/mol. The van der Waals surface area contributed by atoms with E-state index in [0.717, 1.165) is 15.4 Å². The van der Waals surface area contributed by atoms with Crippen molar-refractivity contribution in [3.63, 3.8) is 0 Å². The zero-order valence-corrected chi connectivity index (χ0v) is 14.3. The van der Waals surface area contributed by atoms with Gasteiger partial charge in [0.25, 0.3) is 5.69 Å². The van der Waals surface area contributed by atoms with Crippen molar-refractivity contribution in [1.29, 1.82) is 0 Å². The Labute approximate surface area is 137 Å². The molecule has 0 radical (unpaired) electrons. The Hall–Kier alpha value is -1.74. The number of halogens is 2. The van der Waals surface area contributed by atoms with Crippen LogP contribution in [0.15, 0.2) is 39.5 Å². The topological polar surface area (TPSA) is 97.0 Å². The van der Waals surface area contributed by atoms with Gasteiger partial charge >= 0.3 is 0 Å². The van der Waals surface area contributed by atoms with Crippen molar-refractivity contribution in [2.45, 2.75) is 13.8 Å². The first-order valence-electron chi connectivity index (χ1n) is 5.61. The summed E-state index contributed by atoms with van der Waals surface area (Å²) in [4.78, 5) is 9.80. The second kappa shape index (κ2) is 7.32. The maximum atomic E-state index is 10.9. The van der Waals surface area contributed by atoms with Crippen LogP contribution in [0.4, 0.5) is 5.69 Å². The highest BCUT2D eigenvalue weighted by molar-refractivity contribution is 9.10. The molecular formula is C12H11Br2N3O4. The summed E-state index contributed by atoms with van der Waals surface area (Å²) in [6.07, 6.45) is 2.60. The molecule has 0 spiro atoms. The van der Waals surface area contributed by atoms with Crippen molar-refractivity contribution in [3.8, 4) is 0 Å². The SMILES string of the molecule is Cc1cc([N+](=O)[O-])c(Br)c[n+]1[O-].Cc1ccc(Br)c[n+]1[O-]. The smallest absolute Gasteiger partial charge is 0.295 e. The molecule has 0 fully saturated rings. The van der Waals surface area contributed by atoms with Crippen LogP contribution < -0.4 is 9.46 Å². The molecule has 0 saturated heterocycles. The van der Waals surface area contributed by atoms with Crippen molar-refractivity contribution in [2.75, 3.05) is 0 Å². The summed E-state index contributed by atoms with van der Waals surface area (Å²) >= 11 is 6.09. The van der Waals surface area contributed by atoms with Crippen molar-refractivity contribution < 1.29 is 14.4 Å². The fourth-order valence-electron chi connectivity index (χ4n) is 1.27. The molecule has 7 nitrogen and oxygen atoms in total. The van der Waals surface area contributed by atoms with Crippen LogP contribution in [0.3, 0.4) is 0 Å². The van der Waals surface area contributed by atoms with Crippen LogP contribution in [0.2, 0.25) is 0 Å². The van der Waals surface area contributed by atoms with E-state index in [2.05, 4.69) is 31.9 Å². The maximum absolute atomic E-state index is 10.9. The van der Waals surface area contributed by atoms with Crippen LogP contribution in [-0.4, -0.2) is 4.92 Å². The molecule has 2 aromatic heterocycles. The van der Waals surface area contributed by atoms with Gasteiger partial charge in [-0.05, 0) is 37.9 Å². The van der Waals surface area contributed by atoms with Gasteiger partial charge in [0, 0.05) is 19.9 Å². The van der Waals surface area contributed by atoms with Gasteiger partial charge in [-0.15, -0.1) is 0 Å². The minimum absolute atomic E-state index is 0.0976. The third kappa shape index (κ3) is 4.94. The standard InChI is InChI=1S/C6H5BrN2O3.C6H6BrNO/c1-4-2-6(9(11)12)5(7)3-8(4)10;1-5-2-3-6(7)4-8(5)9/h2-3H,1H3;2-4H,1H3. The van der Waals surface area contributed by atoms with Crippen molar-refractivity contribution in [2.24, 2.45) is 0 Å². The third-order valence-corrected chi connectivity index (χ3v) is 3.52. The maximum Gasteiger partial charge on any atom is 0.295 e. The van der Waals surface area contributed by atoms with Gasteiger partial charge in [0.2, 0.25) is 6.20 Å². The molecule has 0 aliphatic heterocycles. The summed E-state index contributed by atoms with van der Waals surface area (Å²) in [7, 11) is 0. The molecular weight excluding hydrogens is 410 g/mol. The average molecular weight is 421 g/mol. The van der Waals surface area contributed by atoms with Gasteiger partial charge in [-0.2, -0.15) is 9.46 Å². The van der Waals surface area contributed by atoms with Crippen molar-refractivity contribution in [3.05, 3.63) is 71.5 Å². The Balaban J connectivity index is 0.000000219. The van der Waals surface area contributed by atoms with Gasteiger partial charge in [0.1, 0.15) is 0 Å². The van der Waals surface area contributed by atoms with E-state index in [9.17, 15) is 20.5 Å². The molecule has 0 aromatic carbocycles. The van der Waals surface area contributed by atoms with Gasteiger partial charge in [-0.3, -0.25) is 10.1 Å². The molecule has 9 heteroatoms. The van der Waals surface area contributed by atoms with Crippen LogP contribution in [0.1, 0.15) is 11.4 Å². The number of aromatic nitrogens is 2. The number of hydrogen-bond acceptors (Lipinski definition) is 4. The van der Waals surface area contributed by atoms with Gasteiger partial charge in [0.05, 0.1) is 15.5 Å². The molecule has 0 atom stereocenters. The molecule has 0 saturated carbocycles. The predicted octanol–water partition coefficient (Wildman–Crippen LogP) is 2.69.